The van der Waals surface area contributed by atoms with E-state index in [4.69, 9.17) is 9.68 Å². The summed E-state index contributed by atoms with van der Waals surface area (Å²) in [6, 6.07) is 2.45. The lowest BCUT2D eigenvalue weighted by molar-refractivity contribution is 0.123. The number of aryl methyl sites for hydroxylation is 1. The molecule has 0 amide bonds. The van der Waals surface area contributed by atoms with Gasteiger partial charge in [-0.25, -0.2) is 4.98 Å². The summed E-state index contributed by atoms with van der Waals surface area (Å²) in [5.74, 6) is 1.01. The summed E-state index contributed by atoms with van der Waals surface area (Å²) < 4.78 is 5.39. The molecule has 6 heteroatoms. The molecule has 1 aromatic heterocycles. The smallest absolute Gasteiger partial charge is 0.232 e. The molecule has 0 radical (unpaired) electrons. The molecular formula is C13H21N5O. The molecule has 0 aromatic carbocycles. The zero-order valence-corrected chi connectivity index (χ0v) is 11.8. The van der Waals surface area contributed by atoms with Gasteiger partial charge in [0, 0.05) is 45.7 Å². The Kier molecular flexibility index (Phi) is 4.40. The summed E-state index contributed by atoms with van der Waals surface area (Å²) in [4.78, 5) is 8.80. The van der Waals surface area contributed by atoms with Crippen molar-refractivity contribution in [3.8, 4) is 6.07 Å². The van der Waals surface area contributed by atoms with Crippen molar-refractivity contribution < 1.29 is 4.42 Å². The van der Waals surface area contributed by atoms with Crippen LogP contribution in [0.2, 0.25) is 0 Å². The summed E-state index contributed by atoms with van der Waals surface area (Å²) in [5.41, 5.74) is 0.336. The zero-order chi connectivity index (χ0) is 13.8. The van der Waals surface area contributed by atoms with Gasteiger partial charge in [-0.3, -0.25) is 4.90 Å². The van der Waals surface area contributed by atoms with Crippen molar-refractivity contribution >= 4 is 5.88 Å². The average Bonchev–Trinajstić information content (AvgIpc) is 2.77. The van der Waals surface area contributed by atoms with Crippen LogP contribution >= 0.6 is 0 Å². The van der Waals surface area contributed by atoms with Gasteiger partial charge in [0.25, 0.3) is 0 Å². The van der Waals surface area contributed by atoms with E-state index in [0.29, 0.717) is 23.5 Å². The van der Waals surface area contributed by atoms with E-state index in [2.05, 4.69) is 34.1 Å². The van der Waals surface area contributed by atoms with Crippen molar-refractivity contribution in [2.24, 2.45) is 0 Å². The predicted molar refractivity (Wildman–Crippen MR) is 73.0 cm³/mol. The monoisotopic (exact) mass is 263 g/mol. The molecule has 104 valence electrons. The number of piperazine rings is 1. The second-order valence-corrected chi connectivity index (χ2v) is 5.09. The summed E-state index contributed by atoms with van der Waals surface area (Å²) in [5, 5.41) is 12.1. The standard InChI is InChI=1S/C13H21N5O/c1-10(18-6-4-17(3)5-7-18)9-15-13-12(8-14)16-11(2)19-13/h10,15H,4-7,9H2,1-3H3. The van der Waals surface area contributed by atoms with Crippen molar-refractivity contribution in [1.29, 1.82) is 5.26 Å². The van der Waals surface area contributed by atoms with Gasteiger partial charge in [-0.2, -0.15) is 5.26 Å². The van der Waals surface area contributed by atoms with Crippen LogP contribution in [0.25, 0.3) is 0 Å². The molecule has 1 atom stereocenters. The van der Waals surface area contributed by atoms with Crippen LogP contribution in [0, 0.1) is 18.3 Å². The van der Waals surface area contributed by atoms with Gasteiger partial charge < -0.3 is 14.6 Å². The van der Waals surface area contributed by atoms with Crippen LogP contribution < -0.4 is 5.32 Å². The summed E-state index contributed by atoms with van der Waals surface area (Å²) in [7, 11) is 2.15. The SMILES string of the molecule is Cc1nc(C#N)c(NCC(C)N2CCN(C)CC2)o1. The third-order valence-corrected chi connectivity index (χ3v) is 3.56. The highest BCUT2D eigenvalue weighted by Gasteiger charge is 2.19. The van der Waals surface area contributed by atoms with Crippen LogP contribution in [0.15, 0.2) is 4.42 Å². The molecule has 1 saturated heterocycles. The fourth-order valence-electron chi connectivity index (χ4n) is 2.25. The molecule has 1 fully saturated rings. The van der Waals surface area contributed by atoms with Crippen molar-refractivity contribution in [3.05, 3.63) is 11.6 Å². The van der Waals surface area contributed by atoms with Crippen LogP contribution in [-0.2, 0) is 0 Å². The Hall–Kier alpha value is -1.58. The van der Waals surface area contributed by atoms with E-state index in [9.17, 15) is 0 Å². The van der Waals surface area contributed by atoms with Crippen LogP contribution in [0.3, 0.4) is 0 Å². The normalized spacial score (nSPS) is 19.1. The molecule has 2 heterocycles. The van der Waals surface area contributed by atoms with E-state index in [1.165, 1.54) is 0 Å². The summed E-state index contributed by atoms with van der Waals surface area (Å²) in [6.07, 6.45) is 0. The van der Waals surface area contributed by atoms with Gasteiger partial charge in [-0.15, -0.1) is 0 Å². The average molecular weight is 263 g/mol. The third kappa shape index (κ3) is 3.46. The number of oxazole rings is 1. The van der Waals surface area contributed by atoms with Crippen molar-refractivity contribution in [1.82, 2.24) is 14.8 Å². The zero-order valence-electron chi connectivity index (χ0n) is 11.8. The van der Waals surface area contributed by atoms with Gasteiger partial charge in [0.2, 0.25) is 11.6 Å². The second-order valence-electron chi connectivity index (χ2n) is 5.09. The summed E-state index contributed by atoms with van der Waals surface area (Å²) >= 11 is 0. The molecule has 0 saturated carbocycles. The Morgan fingerprint density at radius 2 is 2.11 bits per heavy atom. The first-order valence-corrected chi connectivity index (χ1v) is 6.64. The maximum absolute atomic E-state index is 8.95. The Bertz CT molecular complexity index is 456. The molecular weight excluding hydrogens is 242 g/mol. The quantitative estimate of drug-likeness (QED) is 0.870. The van der Waals surface area contributed by atoms with E-state index in [1.807, 2.05) is 6.07 Å². The first kappa shape index (κ1) is 13.8. The number of anilines is 1. The third-order valence-electron chi connectivity index (χ3n) is 3.56. The maximum Gasteiger partial charge on any atom is 0.232 e. The first-order valence-electron chi connectivity index (χ1n) is 6.64. The predicted octanol–water partition coefficient (Wildman–Crippen LogP) is 0.902. The van der Waals surface area contributed by atoms with E-state index in [1.54, 1.807) is 6.92 Å². The molecule has 19 heavy (non-hydrogen) atoms. The number of nitrogens with one attached hydrogen (secondary N) is 1. The molecule has 1 aromatic rings. The van der Waals surface area contributed by atoms with Gasteiger partial charge in [-0.05, 0) is 14.0 Å². The largest absolute Gasteiger partial charge is 0.424 e. The van der Waals surface area contributed by atoms with Gasteiger partial charge in [-0.1, -0.05) is 0 Å². The number of nitriles is 1. The van der Waals surface area contributed by atoms with Gasteiger partial charge in [0.05, 0.1) is 0 Å². The Balaban J connectivity index is 1.86. The minimum Gasteiger partial charge on any atom is -0.424 e. The minimum atomic E-state index is 0.336. The number of rotatable bonds is 4. The molecule has 1 unspecified atom stereocenters. The number of hydrogen-bond acceptors (Lipinski definition) is 6. The fourth-order valence-corrected chi connectivity index (χ4v) is 2.25. The molecule has 2 rings (SSSR count). The fraction of sp³-hybridized carbons (Fsp3) is 0.692. The minimum absolute atomic E-state index is 0.336. The Morgan fingerprint density at radius 3 is 2.74 bits per heavy atom. The lowest BCUT2D eigenvalue weighted by Crippen LogP contribution is -2.49. The highest BCUT2D eigenvalue weighted by molar-refractivity contribution is 5.45. The van der Waals surface area contributed by atoms with Crippen LogP contribution in [0.5, 0.6) is 0 Å². The highest BCUT2D eigenvalue weighted by atomic mass is 16.4. The van der Waals surface area contributed by atoms with Crippen LogP contribution in [0.1, 0.15) is 18.5 Å². The summed E-state index contributed by atoms with van der Waals surface area (Å²) in [6.45, 7) is 9.07. The second kappa shape index (κ2) is 6.04. The lowest BCUT2D eigenvalue weighted by Gasteiger charge is -2.36. The molecule has 0 aliphatic carbocycles. The van der Waals surface area contributed by atoms with E-state index in [-0.39, 0.29) is 0 Å². The first-order chi connectivity index (χ1) is 9.10. The molecule has 0 bridgehead atoms. The maximum atomic E-state index is 8.95. The van der Waals surface area contributed by atoms with Gasteiger partial charge in [0.1, 0.15) is 6.07 Å². The molecule has 0 spiro atoms. The Morgan fingerprint density at radius 1 is 1.42 bits per heavy atom. The van der Waals surface area contributed by atoms with E-state index < -0.39 is 0 Å². The topological polar surface area (TPSA) is 68.3 Å². The number of aromatic nitrogens is 1. The van der Waals surface area contributed by atoms with E-state index >= 15 is 0 Å². The number of likely N-dealkylation sites (N-methyl/N-ethyl adjacent to an activating group) is 1. The highest BCUT2D eigenvalue weighted by Crippen LogP contribution is 2.16. The van der Waals surface area contributed by atoms with Gasteiger partial charge in [0.15, 0.2) is 5.89 Å². The lowest BCUT2D eigenvalue weighted by atomic mass is 10.2. The number of hydrogen-bond donors (Lipinski definition) is 1. The van der Waals surface area contributed by atoms with E-state index in [0.717, 1.165) is 32.7 Å². The van der Waals surface area contributed by atoms with Gasteiger partial charge >= 0.3 is 0 Å². The Labute approximate surface area is 114 Å². The van der Waals surface area contributed by atoms with Crippen molar-refractivity contribution in [2.45, 2.75) is 19.9 Å². The van der Waals surface area contributed by atoms with Crippen LogP contribution in [-0.4, -0.2) is 60.6 Å². The number of nitrogens with zero attached hydrogens (tertiary/aromatic N) is 4. The molecule has 6 nitrogen and oxygen atoms in total. The van der Waals surface area contributed by atoms with Crippen molar-refractivity contribution in [2.75, 3.05) is 45.1 Å². The molecule has 1 aliphatic heterocycles. The molecule has 1 aliphatic rings. The van der Waals surface area contributed by atoms with Crippen molar-refractivity contribution in [3.63, 3.8) is 0 Å². The van der Waals surface area contributed by atoms with Crippen LogP contribution in [0.4, 0.5) is 5.88 Å². The molecule has 1 N–H and O–H groups in total.